The van der Waals surface area contributed by atoms with Gasteiger partial charge in [-0.25, -0.2) is 14.8 Å². The van der Waals surface area contributed by atoms with E-state index in [2.05, 4.69) is 15.3 Å². The minimum Gasteiger partial charge on any atom is -0.454 e. The zero-order valence-corrected chi connectivity index (χ0v) is 19.2. The first-order valence-corrected chi connectivity index (χ1v) is 11.6. The Morgan fingerprint density at radius 3 is 2.76 bits per heavy atom. The molecule has 0 bridgehead atoms. The molecule has 0 atom stereocenters. The van der Waals surface area contributed by atoms with Gasteiger partial charge in [0, 0.05) is 25.8 Å². The predicted octanol–water partition coefficient (Wildman–Crippen LogP) is 2.22. The number of thiophene rings is 1. The second-order valence-corrected chi connectivity index (χ2v) is 9.05. The molecule has 0 saturated heterocycles. The summed E-state index contributed by atoms with van der Waals surface area (Å²) in [6.45, 7) is 0.146. The van der Waals surface area contributed by atoms with Gasteiger partial charge in [0.25, 0.3) is 5.56 Å². The summed E-state index contributed by atoms with van der Waals surface area (Å²) >= 11 is 2.55. The molecular weight excluding hydrogens is 466 g/mol. The molecule has 0 unspecified atom stereocenters. The second-order valence-electron chi connectivity index (χ2n) is 7.14. The maximum absolute atomic E-state index is 12.9. The SMILES string of the molecule is Cn1c(=O)c2c(SCC(=O)Nc3ccc4c(c3)OCO4)nc(-c3cccs3)nc2n(C)c1=O. The Morgan fingerprint density at radius 2 is 1.97 bits per heavy atom. The highest BCUT2D eigenvalue weighted by Crippen LogP contribution is 2.34. The van der Waals surface area contributed by atoms with Gasteiger partial charge in [0.1, 0.15) is 10.4 Å². The molecule has 4 heterocycles. The molecule has 1 aromatic carbocycles. The van der Waals surface area contributed by atoms with E-state index in [1.54, 1.807) is 25.2 Å². The number of thioether (sulfide) groups is 1. The molecule has 0 spiro atoms. The van der Waals surface area contributed by atoms with Gasteiger partial charge in [-0.2, -0.15) is 0 Å². The van der Waals surface area contributed by atoms with Gasteiger partial charge in [0.2, 0.25) is 12.7 Å². The molecule has 1 amide bonds. The van der Waals surface area contributed by atoms with Gasteiger partial charge in [0.15, 0.2) is 23.0 Å². The van der Waals surface area contributed by atoms with Crippen LogP contribution in [-0.4, -0.2) is 37.6 Å². The summed E-state index contributed by atoms with van der Waals surface area (Å²) in [6, 6.07) is 8.84. The summed E-state index contributed by atoms with van der Waals surface area (Å²) < 4.78 is 12.9. The highest BCUT2D eigenvalue weighted by atomic mass is 32.2. The Labute approximate surface area is 194 Å². The standard InChI is InChI=1S/C21H17N5O5S2/c1-25-18-16(20(28)26(2)21(25)29)19(24-17(23-18)14-4-3-7-32-14)33-9-15(27)22-11-5-6-12-13(8-11)31-10-30-12/h3-8H,9-10H2,1-2H3,(H,22,27). The maximum atomic E-state index is 12.9. The van der Waals surface area contributed by atoms with E-state index >= 15 is 0 Å². The van der Waals surface area contributed by atoms with Crippen molar-refractivity contribution in [3.63, 3.8) is 0 Å². The Hall–Kier alpha value is -3.64. The first-order valence-electron chi connectivity index (χ1n) is 9.76. The number of benzene rings is 1. The van der Waals surface area contributed by atoms with Crippen molar-refractivity contribution in [1.82, 2.24) is 19.1 Å². The van der Waals surface area contributed by atoms with Crippen molar-refractivity contribution in [3.8, 4) is 22.2 Å². The Balaban J connectivity index is 1.48. The van der Waals surface area contributed by atoms with Gasteiger partial charge >= 0.3 is 5.69 Å². The minimum atomic E-state index is -0.510. The van der Waals surface area contributed by atoms with Crippen LogP contribution in [0.5, 0.6) is 11.5 Å². The monoisotopic (exact) mass is 483 g/mol. The normalized spacial score (nSPS) is 12.3. The van der Waals surface area contributed by atoms with E-state index in [-0.39, 0.29) is 29.5 Å². The lowest BCUT2D eigenvalue weighted by atomic mass is 10.3. The third-order valence-corrected chi connectivity index (χ3v) is 6.85. The lowest BCUT2D eigenvalue weighted by molar-refractivity contribution is -0.113. The van der Waals surface area contributed by atoms with E-state index in [0.29, 0.717) is 28.0 Å². The van der Waals surface area contributed by atoms with E-state index in [0.717, 1.165) is 21.2 Å². The fourth-order valence-corrected chi connectivity index (χ4v) is 4.83. The number of nitrogens with one attached hydrogen (secondary N) is 1. The van der Waals surface area contributed by atoms with E-state index in [4.69, 9.17) is 9.47 Å². The van der Waals surface area contributed by atoms with Crippen molar-refractivity contribution in [2.75, 3.05) is 17.9 Å². The number of amides is 1. The molecule has 1 aliphatic heterocycles. The summed E-state index contributed by atoms with van der Waals surface area (Å²) in [5.41, 5.74) is -0.209. The summed E-state index contributed by atoms with van der Waals surface area (Å²) in [5.74, 6) is 1.28. The largest absolute Gasteiger partial charge is 0.454 e. The van der Waals surface area contributed by atoms with Crippen molar-refractivity contribution in [2.24, 2.45) is 14.1 Å². The molecule has 3 aromatic heterocycles. The van der Waals surface area contributed by atoms with Crippen molar-refractivity contribution in [2.45, 2.75) is 5.03 Å². The fraction of sp³-hybridized carbons (Fsp3) is 0.190. The van der Waals surface area contributed by atoms with Crippen LogP contribution in [0, 0.1) is 0 Å². The van der Waals surface area contributed by atoms with Crippen molar-refractivity contribution in [1.29, 1.82) is 0 Å². The van der Waals surface area contributed by atoms with Crippen LogP contribution in [-0.2, 0) is 18.9 Å². The van der Waals surface area contributed by atoms with Crippen molar-refractivity contribution in [3.05, 3.63) is 56.5 Å². The summed E-state index contributed by atoms with van der Waals surface area (Å²) in [7, 11) is 2.95. The minimum absolute atomic E-state index is 0.00354. The van der Waals surface area contributed by atoms with Crippen LogP contribution in [0.25, 0.3) is 21.7 Å². The van der Waals surface area contributed by atoms with Gasteiger partial charge in [-0.05, 0) is 23.6 Å². The Morgan fingerprint density at radius 1 is 1.15 bits per heavy atom. The average Bonchev–Trinajstić information content (AvgIpc) is 3.51. The number of nitrogens with zero attached hydrogens (tertiary/aromatic N) is 4. The number of ether oxygens (including phenoxy) is 2. The topological polar surface area (TPSA) is 117 Å². The van der Waals surface area contributed by atoms with Crippen LogP contribution < -0.4 is 26.0 Å². The van der Waals surface area contributed by atoms with Crippen molar-refractivity contribution >= 4 is 45.7 Å². The quantitative estimate of drug-likeness (QED) is 0.339. The van der Waals surface area contributed by atoms with Crippen LogP contribution in [0.3, 0.4) is 0 Å². The van der Waals surface area contributed by atoms with E-state index < -0.39 is 11.2 Å². The number of carbonyl (C=O) groups is 1. The highest BCUT2D eigenvalue weighted by molar-refractivity contribution is 8.00. The number of aromatic nitrogens is 4. The maximum Gasteiger partial charge on any atom is 0.332 e. The first-order chi connectivity index (χ1) is 15.9. The molecule has 12 heteroatoms. The van der Waals surface area contributed by atoms with Crippen LogP contribution in [0.1, 0.15) is 0 Å². The number of aryl methyl sites for hydroxylation is 1. The lowest BCUT2D eigenvalue weighted by Gasteiger charge is -2.11. The number of fused-ring (bicyclic) bond motifs is 2. The summed E-state index contributed by atoms with van der Waals surface area (Å²) in [5, 5.41) is 5.22. The highest BCUT2D eigenvalue weighted by Gasteiger charge is 2.20. The predicted molar refractivity (Wildman–Crippen MR) is 125 cm³/mol. The van der Waals surface area contributed by atoms with Gasteiger partial charge in [0.05, 0.1) is 10.6 Å². The summed E-state index contributed by atoms with van der Waals surface area (Å²) in [6.07, 6.45) is 0. The Kier molecular flexibility index (Phi) is 5.38. The third kappa shape index (κ3) is 3.87. The molecule has 33 heavy (non-hydrogen) atoms. The molecule has 0 radical (unpaired) electrons. The molecule has 0 aliphatic carbocycles. The van der Waals surface area contributed by atoms with Crippen LogP contribution >= 0.6 is 23.1 Å². The molecule has 0 saturated carbocycles. The molecule has 1 aliphatic rings. The van der Waals surface area contributed by atoms with Crippen LogP contribution in [0.4, 0.5) is 5.69 Å². The Bertz CT molecular complexity index is 1510. The molecule has 168 valence electrons. The van der Waals surface area contributed by atoms with Gasteiger partial charge in [-0.1, -0.05) is 17.8 Å². The third-order valence-electron chi connectivity index (χ3n) is 5.00. The van der Waals surface area contributed by atoms with E-state index in [1.807, 2.05) is 17.5 Å². The number of anilines is 1. The van der Waals surface area contributed by atoms with Crippen LogP contribution in [0.2, 0.25) is 0 Å². The summed E-state index contributed by atoms with van der Waals surface area (Å²) in [4.78, 5) is 47.8. The van der Waals surface area contributed by atoms with Gasteiger partial charge in [-0.15, -0.1) is 11.3 Å². The lowest BCUT2D eigenvalue weighted by Crippen LogP contribution is -2.37. The van der Waals surface area contributed by atoms with Crippen LogP contribution in [0.15, 0.2) is 50.3 Å². The van der Waals surface area contributed by atoms with Gasteiger partial charge in [-0.3, -0.25) is 18.7 Å². The van der Waals surface area contributed by atoms with E-state index in [1.165, 1.54) is 23.0 Å². The zero-order valence-electron chi connectivity index (χ0n) is 17.5. The number of hydrogen-bond donors (Lipinski definition) is 1. The van der Waals surface area contributed by atoms with E-state index in [9.17, 15) is 14.4 Å². The molecular formula is C21H17N5O5S2. The average molecular weight is 484 g/mol. The van der Waals surface area contributed by atoms with Gasteiger partial charge < -0.3 is 14.8 Å². The molecule has 10 nitrogen and oxygen atoms in total. The molecule has 0 fully saturated rings. The first kappa shape index (κ1) is 21.2. The fourth-order valence-electron chi connectivity index (χ4n) is 3.35. The second kappa shape index (κ2) is 8.37. The number of rotatable bonds is 5. The molecule has 1 N–H and O–H groups in total. The zero-order chi connectivity index (χ0) is 23.1. The number of carbonyl (C=O) groups excluding carboxylic acids is 1. The number of hydrogen-bond acceptors (Lipinski definition) is 9. The molecule has 5 rings (SSSR count). The van der Waals surface area contributed by atoms with Crippen molar-refractivity contribution < 1.29 is 14.3 Å². The molecule has 4 aromatic rings. The smallest absolute Gasteiger partial charge is 0.332 e.